The maximum absolute atomic E-state index is 9.32. The van der Waals surface area contributed by atoms with Crippen LogP contribution in [0.3, 0.4) is 0 Å². The van der Waals surface area contributed by atoms with Crippen LogP contribution >= 0.6 is 69.6 Å². The Hall–Kier alpha value is 0.669. The number of rotatable bonds is 3. The molecular weight excluding hydrogens is 437 g/mol. The third-order valence-electron chi connectivity index (χ3n) is 0.535. The molecule has 0 N–H and O–H groups in total. The van der Waals surface area contributed by atoms with Crippen LogP contribution in [0, 0.1) is 0 Å². The van der Waals surface area contributed by atoms with Gasteiger partial charge in [-0.3, -0.25) is 0 Å². The van der Waals surface area contributed by atoms with Gasteiger partial charge in [-0.2, -0.15) is 0 Å². The maximum atomic E-state index is 9.32. The van der Waals surface area contributed by atoms with Gasteiger partial charge in [-0.05, 0) is 0 Å². The van der Waals surface area contributed by atoms with Gasteiger partial charge in [0.15, 0.2) is 0 Å². The number of halogens is 6. The first-order chi connectivity index (χ1) is 7.93. The summed E-state index contributed by atoms with van der Waals surface area (Å²) in [6.07, 6.45) is 0. The molecule has 0 aromatic rings. The standard InChI is InChI=1S/3C2H2Cl2O2.Fe/c3*3-1(4)2(5)6;/h3*1H,(H,5,6);/q;;;+3/p-3. The van der Waals surface area contributed by atoms with E-state index in [1.807, 2.05) is 0 Å². The summed E-state index contributed by atoms with van der Waals surface area (Å²) >= 11 is 28.3. The van der Waals surface area contributed by atoms with Crippen LogP contribution in [0.2, 0.25) is 0 Å². The minimum absolute atomic E-state index is 0. The Morgan fingerprint density at radius 1 is 0.579 bits per heavy atom. The first-order valence-electron chi connectivity index (χ1n) is 3.40. The Bertz CT molecular complexity index is 230. The van der Waals surface area contributed by atoms with Gasteiger partial charge in [-0.1, -0.05) is 69.6 Å². The van der Waals surface area contributed by atoms with E-state index in [4.69, 9.17) is 69.6 Å². The average Bonchev–Trinajstić information content (AvgIpc) is 2.18. The van der Waals surface area contributed by atoms with Gasteiger partial charge < -0.3 is 29.7 Å². The van der Waals surface area contributed by atoms with Crippen molar-refractivity contribution in [3.05, 3.63) is 0 Å². The van der Waals surface area contributed by atoms with Crippen LogP contribution in [-0.4, -0.2) is 32.4 Å². The molecule has 0 aliphatic rings. The molecule has 1 radical (unpaired) electrons. The first kappa shape index (κ1) is 27.9. The summed E-state index contributed by atoms with van der Waals surface area (Å²) in [5.41, 5.74) is 0. The number of carbonyl (C=O) groups excluding carboxylic acids is 3. The molecule has 0 fully saturated rings. The quantitative estimate of drug-likeness (QED) is 0.395. The van der Waals surface area contributed by atoms with Crippen molar-refractivity contribution < 1.29 is 46.8 Å². The van der Waals surface area contributed by atoms with E-state index < -0.39 is 32.4 Å². The SMILES string of the molecule is O=C([O-])C(Cl)Cl.O=C([O-])C(Cl)Cl.O=C([O-])C(Cl)Cl.[Fe+3]. The van der Waals surface area contributed by atoms with E-state index in [1.165, 1.54) is 0 Å². The molecule has 0 aromatic heterocycles. The Balaban J connectivity index is -0.0000000865. The zero-order valence-corrected chi connectivity index (χ0v) is 13.9. The van der Waals surface area contributed by atoms with E-state index in [9.17, 15) is 29.7 Å². The van der Waals surface area contributed by atoms with Gasteiger partial charge in [0.2, 0.25) is 0 Å². The van der Waals surface area contributed by atoms with Gasteiger partial charge in [0.05, 0.1) is 17.9 Å². The minimum Gasteiger partial charge on any atom is -0.547 e. The van der Waals surface area contributed by atoms with Crippen molar-refractivity contribution in [2.75, 3.05) is 0 Å². The molecule has 0 saturated carbocycles. The van der Waals surface area contributed by atoms with Crippen LogP contribution in [0.15, 0.2) is 0 Å². The van der Waals surface area contributed by atoms with Crippen LogP contribution in [0.25, 0.3) is 0 Å². The molecule has 19 heavy (non-hydrogen) atoms. The van der Waals surface area contributed by atoms with Crippen molar-refractivity contribution in [2.45, 2.75) is 14.5 Å². The van der Waals surface area contributed by atoms with Crippen LogP contribution in [-0.2, 0) is 31.5 Å². The van der Waals surface area contributed by atoms with Gasteiger partial charge in [0, 0.05) is 0 Å². The number of hydrogen-bond acceptors (Lipinski definition) is 6. The molecule has 0 saturated heterocycles. The Morgan fingerprint density at radius 2 is 0.632 bits per heavy atom. The molecule has 0 heterocycles. The van der Waals surface area contributed by atoms with E-state index in [0.29, 0.717) is 0 Å². The fourth-order valence-electron chi connectivity index (χ4n) is 0. The zero-order chi connectivity index (χ0) is 15.5. The van der Waals surface area contributed by atoms with Crippen molar-refractivity contribution >= 4 is 87.5 Å². The topological polar surface area (TPSA) is 120 Å². The minimum atomic E-state index is -1.46. The fraction of sp³-hybridized carbons (Fsp3) is 0.500. The summed E-state index contributed by atoms with van der Waals surface area (Å²) in [5, 5.41) is 28.0. The molecule has 0 rings (SSSR count). The van der Waals surface area contributed by atoms with Gasteiger partial charge in [0.25, 0.3) is 0 Å². The summed E-state index contributed by atoms with van der Waals surface area (Å²) in [6, 6.07) is 0. The van der Waals surface area contributed by atoms with Crippen molar-refractivity contribution in [3.8, 4) is 0 Å². The first-order valence-corrected chi connectivity index (χ1v) is 6.02. The number of carboxylic acids is 3. The van der Waals surface area contributed by atoms with Crippen LogP contribution in [0.4, 0.5) is 0 Å². The molecule has 113 valence electrons. The number of alkyl halides is 6. The van der Waals surface area contributed by atoms with Gasteiger partial charge in [-0.25, -0.2) is 0 Å². The molecule has 6 nitrogen and oxygen atoms in total. The van der Waals surface area contributed by atoms with Gasteiger partial charge in [0.1, 0.15) is 14.5 Å². The third kappa shape index (κ3) is 32.3. The summed E-state index contributed by atoms with van der Waals surface area (Å²) in [5.74, 6) is -4.38. The zero-order valence-electron chi connectivity index (χ0n) is 8.30. The second kappa shape index (κ2) is 16.7. The molecule has 0 atom stereocenters. The average molecular weight is 440 g/mol. The van der Waals surface area contributed by atoms with Crippen LogP contribution in [0.1, 0.15) is 0 Å². The largest absolute Gasteiger partial charge is 3.00 e. The second-order valence-electron chi connectivity index (χ2n) is 1.86. The van der Waals surface area contributed by atoms with Crippen molar-refractivity contribution in [1.29, 1.82) is 0 Å². The molecule has 0 aromatic carbocycles. The van der Waals surface area contributed by atoms with Crippen molar-refractivity contribution in [2.24, 2.45) is 0 Å². The van der Waals surface area contributed by atoms with Gasteiger partial charge >= 0.3 is 17.1 Å². The fourth-order valence-corrected chi connectivity index (χ4v) is 0. The number of aliphatic carboxylic acids is 3. The molecule has 0 bridgehead atoms. The van der Waals surface area contributed by atoms with E-state index in [0.717, 1.165) is 0 Å². The van der Waals surface area contributed by atoms with E-state index >= 15 is 0 Å². The van der Waals surface area contributed by atoms with Crippen molar-refractivity contribution in [3.63, 3.8) is 0 Å². The normalized spacial score (nSPS) is 8.68. The van der Waals surface area contributed by atoms with E-state index in [1.54, 1.807) is 0 Å². The maximum Gasteiger partial charge on any atom is 3.00 e. The smallest absolute Gasteiger partial charge is 0.547 e. The monoisotopic (exact) mass is 437 g/mol. The molecule has 0 spiro atoms. The summed E-state index contributed by atoms with van der Waals surface area (Å²) < 4.78 is 0. The third-order valence-corrected chi connectivity index (χ3v) is 1.60. The molecule has 0 aliphatic carbocycles. The summed E-state index contributed by atoms with van der Waals surface area (Å²) in [7, 11) is 0. The molecular formula is C6H3Cl6FeO6. The molecule has 13 heteroatoms. The predicted octanol–water partition coefficient (Wildman–Crippen LogP) is -1.38. The molecule has 0 amide bonds. The predicted molar refractivity (Wildman–Crippen MR) is 61.5 cm³/mol. The van der Waals surface area contributed by atoms with Crippen molar-refractivity contribution in [1.82, 2.24) is 0 Å². The van der Waals surface area contributed by atoms with Crippen LogP contribution < -0.4 is 15.3 Å². The van der Waals surface area contributed by atoms with Gasteiger partial charge in [-0.15, -0.1) is 0 Å². The summed E-state index contributed by atoms with van der Waals surface area (Å²) in [6.45, 7) is 0. The number of carbonyl (C=O) groups is 3. The second-order valence-corrected chi connectivity index (χ2v) is 5.15. The molecule has 0 aliphatic heterocycles. The number of hydrogen-bond donors (Lipinski definition) is 0. The summed E-state index contributed by atoms with van der Waals surface area (Å²) in [4.78, 5) is 23.8. The Kier molecular flexibility index (Phi) is 24.6. The number of carboxylic acid groups (broad SMARTS) is 3. The molecule has 0 unspecified atom stereocenters. The Labute approximate surface area is 148 Å². The van der Waals surface area contributed by atoms with E-state index in [-0.39, 0.29) is 17.1 Å². The Morgan fingerprint density at radius 3 is 0.632 bits per heavy atom. The van der Waals surface area contributed by atoms with E-state index in [2.05, 4.69) is 0 Å². The van der Waals surface area contributed by atoms with Crippen LogP contribution in [0.5, 0.6) is 0 Å².